The molecule has 8 nitrogen and oxygen atoms in total. The SMILES string of the molecule is CC(C)Oc1ccc(CN(N)/C=C(\N)Cn2ccc(=O)[nH]c2=O)cc1. The molecule has 1 heterocycles. The molecule has 8 heteroatoms. The van der Waals surface area contributed by atoms with Crippen LogP contribution in [-0.2, 0) is 13.1 Å². The van der Waals surface area contributed by atoms with Crippen LogP contribution in [0.3, 0.4) is 0 Å². The topological polar surface area (TPSA) is 119 Å². The summed E-state index contributed by atoms with van der Waals surface area (Å²) in [6.45, 7) is 4.52. The zero-order chi connectivity index (χ0) is 18.4. The maximum Gasteiger partial charge on any atom is 0.328 e. The number of rotatable bonds is 7. The van der Waals surface area contributed by atoms with E-state index in [1.807, 2.05) is 38.1 Å². The Hall–Kier alpha value is -3.00. The number of hydrazine groups is 1. The van der Waals surface area contributed by atoms with E-state index in [9.17, 15) is 9.59 Å². The van der Waals surface area contributed by atoms with Crippen LogP contribution in [0.2, 0.25) is 0 Å². The van der Waals surface area contributed by atoms with Gasteiger partial charge in [-0.3, -0.25) is 14.3 Å². The number of hydrogen-bond acceptors (Lipinski definition) is 6. The van der Waals surface area contributed by atoms with Crippen LogP contribution in [-0.4, -0.2) is 20.7 Å². The third kappa shape index (κ3) is 5.85. The molecular weight excluding hydrogens is 322 g/mol. The minimum Gasteiger partial charge on any atom is -0.491 e. The van der Waals surface area contributed by atoms with Gasteiger partial charge in [-0.25, -0.2) is 10.6 Å². The number of nitrogens with two attached hydrogens (primary N) is 2. The summed E-state index contributed by atoms with van der Waals surface area (Å²) < 4.78 is 6.88. The van der Waals surface area contributed by atoms with Crippen LogP contribution in [0.5, 0.6) is 5.75 Å². The summed E-state index contributed by atoms with van der Waals surface area (Å²) in [6, 6.07) is 8.88. The average Bonchev–Trinajstić information content (AvgIpc) is 2.51. The van der Waals surface area contributed by atoms with E-state index in [-0.39, 0.29) is 12.6 Å². The van der Waals surface area contributed by atoms with Crippen LogP contribution in [0.1, 0.15) is 19.4 Å². The highest BCUT2D eigenvalue weighted by atomic mass is 16.5. The van der Waals surface area contributed by atoms with Crippen molar-refractivity contribution in [3.8, 4) is 5.75 Å². The number of ether oxygens (including phenoxy) is 1. The van der Waals surface area contributed by atoms with Crippen LogP contribution in [0, 0.1) is 0 Å². The summed E-state index contributed by atoms with van der Waals surface area (Å²) in [4.78, 5) is 24.8. The molecule has 0 atom stereocenters. The number of nitrogens with zero attached hydrogens (tertiary/aromatic N) is 2. The standard InChI is InChI=1S/C17H23N5O3/c1-12(2)25-15-5-3-13(4-6-15)9-22(19)11-14(18)10-21-8-7-16(23)20-17(21)24/h3-8,11-12H,9-10,18-19H2,1-2H3,(H,20,23,24)/b14-11-. The van der Waals surface area contributed by atoms with Gasteiger partial charge in [-0.1, -0.05) is 12.1 Å². The van der Waals surface area contributed by atoms with Crippen molar-refractivity contribution >= 4 is 0 Å². The zero-order valence-corrected chi connectivity index (χ0v) is 14.3. The minimum atomic E-state index is -0.520. The first kappa shape index (κ1) is 18.3. The van der Waals surface area contributed by atoms with Gasteiger partial charge < -0.3 is 15.5 Å². The molecule has 0 spiro atoms. The quantitative estimate of drug-likeness (QED) is 0.496. The summed E-state index contributed by atoms with van der Waals surface area (Å²) >= 11 is 0. The van der Waals surface area contributed by atoms with E-state index in [0.29, 0.717) is 12.2 Å². The van der Waals surface area contributed by atoms with Crippen LogP contribution >= 0.6 is 0 Å². The van der Waals surface area contributed by atoms with E-state index in [2.05, 4.69) is 4.98 Å². The molecule has 0 saturated carbocycles. The maximum absolute atomic E-state index is 11.6. The zero-order valence-electron chi connectivity index (χ0n) is 14.3. The lowest BCUT2D eigenvalue weighted by Gasteiger charge is -2.16. The summed E-state index contributed by atoms with van der Waals surface area (Å²) in [5, 5.41) is 1.43. The van der Waals surface area contributed by atoms with E-state index >= 15 is 0 Å². The number of allylic oxidation sites excluding steroid dienone is 1. The molecule has 2 rings (SSSR count). The van der Waals surface area contributed by atoms with Crippen LogP contribution in [0.25, 0.3) is 0 Å². The Morgan fingerprint density at radius 3 is 2.56 bits per heavy atom. The van der Waals surface area contributed by atoms with Crippen molar-refractivity contribution in [1.82, 2.24) is 14.6 Å². The molecule has 2 aromatic rings. The van der Waals surface area contributed by atoms with Crippen molar-refractivity contribution in [3.63, 3.8) is 0 Å². The first-order valence-electron chi connectivity index (χ1n) is 7.86. The molecule has 1 aromatic carbocycles. The third-order valence-corrected chi connectivity index (χ3v) is 3.24. The first-order valence-corrected chi connectivity index (χ1v) is 7.86. The number of hydrogen-bond donors (Lipinski definition) is 3. The number of benzene rings is 1. The first-order chi connectivity index (χ1) is 11.8. The molecule has 0 aliphatic rings. The van der Waals surface area contributed by atoms with E-state index in [0.717, 1.165) is 11.3 Å². The van der Waals surface area contributed by atoms with Crippen molar-refractivity contribution in [2.45, 2.75) is 33.0 Å². The maximum atomic E-state index is 11.6. The number of aromatic amines is 1. The molecular formula is C17H23N5O3. The number of nitrogens with one attached hydrogen (secondary N) is 1. The molecule has 0 radical (unpaired) electrons. The second-order valence-corrected chi connectivity index (χ2v) is 5.92. The lowest BCUT2D eigenvalue weighted by molar-refractivity contribution is 0.242. The van der Waals surface area contributed by atoms with Crippen molar-refractivity contribution in [2.24, 2.45) is 11.6 Å². The van der Waals surface area contributed by atoms with Crippen molar-refractivity contribution in [1.29, 1.82) is 0 Å². The van der Waals surface area contributed by atoms with Crippen molar-refractivity contribution < 1.29 is 4.74 Å². The van der Waals surface area contributed by atoms with Gasteiger partial charge in [-0.15, -0.1) is 0 Å². The predicted octanol–water partition coefficient (Wildman–Crippen LogP) is 0.500. The molecule has 0 amide bonds. The minimum absolute atomic E-state index is 0.121. The molecule has 0 aliphatic heterocycles. The molecule has 0 saturated heterocycles. The third-order valence-electron chi connectivity index (χ3n) is 3.24. The molecule has 0 unspecified atom stereocenters. The fourth-order valence-electron chi connectivity index (χ4n) is 2.22. The van der Waals surface area contributed by atoms with Gasteiger partial charge in [0.15, 0.2) is 0 Å². The van der Waals surface area contributed by atoms with Crippen LogP contribution in [0.4, 0.5) is 0 Å². The Bertz CT molecular complexity index is 836. The largest absolute Gasteiger partial charge is 0.491 e. The molecule has 5 N–H and O–H groups in total. The lowest BCUT2D eigenvalue weighted by atomic mass is 10.2. The van der Waals surface area contributed by atoms with Crippen LogP contribution in [0.15, 0.2) is 58.0 Å². The second-order valence-electron chi connectivity index (χ2n) is 5.92. The van der Waals surface area contributed by atoms with Gasteiger partial charge in [-0.2, -0.15) is 0 Å². The Morgan fingerprint density at radius 1 is 1.28 bits per heavy atom. The van der Waals surface area contributed by atoms with Crippen molar-refractivity contribution in [3.05, 3.63) is 74.8 Å². The molecule has 1 aromatic heterocycles. The van der Waals surface area contributed by atoms with Gasteiger partial charge in [0.1, 0.15) is 5.75 Å². The van der Waals surface area contributed by atoms with Gasteiger partial charge in [0.2, 0.25) is 0 Å². The lowest BCUT2D eigenvalue weighted by Crippen LogP contribution is -2.31. The van der Waals surface area contributed by atoms with E-state index in [1.54, 1.807) is 6.20 Å². The Morgan fingerprint density at radius 2 is 1.96 bits per heavy atom. The molecule has 134 valence electrons. The summed E-state index contributed by atoms with van der Waals surface area (Å²) in [6.07, 6.45) is 3.06. The van der Waals surface area contributed by atoms with Crippen LogP contribution < -0.4 is 27.6 Å². The highest BCUT2D eigenvalue weighted by molar-refractivity contribution is 5.27. The Labute approximate surface area is 145 Å². The normalized spacial score (nSPS) is 11.6. The Kier molecular flexibility index (Phi) is 6.02. The van der Waals surface area contributed by atoms with Gasteiger partial charge in [0, 0.05) is 24.2 Å². The van der Waals surface area contributed by atoms with Gasteiger partial charge in [0.25, 0.3) is 5.56 Å². The van der Waals surface area contributed by atoms with E-state index < -0.39 is 11.2 Å². The average molecular weight is 345 g/mol. The summed E-state index contributed by atoms with van der Waals surface area (Å²) in [7, 11) is 0. The fourth-order valence-corrected chi connectivity index (χ4v) is 2.22. The monoisotopic (exact) mass is 345 g/mol. The molecule has 25 heavy (non-hydrogen) atoms. The van der Waals surface area contributed by atoms with Crippen molar-refractivity contribution in [2.75, 3.05) is 0 Å². The van der Waals surface area contributed by atoms with E-state index in [1.165, 1.54) is 21.8 Å². The highest BCUT2D eigenvalue weighted by Gasteiger charge is 2.03. The summed E-state index contributed by atoms with van der Waals surface area (Å²) in [5.74, 6) is 6.74. The molecule has 0 aliphatic carbocycles. The Balaban J connectivity index is 1.97. The van der Waals surface area contributed by atoms with Gasteiger partial charge in [-0.05, 0) is 31.5 Å². The number of H-pyrrole nitrogens is 1. The smallest absolute Gasteiger partial charge is 0.328 e. The molecule has 0 fully saturated rings. The summed E-state index contributed by atoms with van der Waals surface area (Å²) in [5.41, 5.74) is 6.32. The van der Waals surface area contributed by atoms with E-state index in [4.69, 9.17) is 16.3 Å². The second kappa shape index (κ2) is 8.20. The molecule has 0 bridgehead atoms. The highest BCUT2D eigenvalue weighted by Crippen LogP contribution is 2.14. The number of aromatic nitrogens is 2. The van der Waals surface area contributed by atoms with Gasteiger partial charge in [0.05, 0.1) is 19.2 Å². The fraction of sp³-hybridized carbons (Fsp3) is 0.294. The van der Waals surface area contributed by atoms with Gasteiger partial charge >= 0.3 is 5.69 Å². The predicted molar refractivity (Wildman–Crippen MR) is 95.5 cm³/mol.